The van der Waals surface area contributed by atoms with Crippen molar-refractivity contribution in [2.75, 3.05) is 6.54 Å². The van der Waals surface area contributed by atoms with E-state index in [0.717, 1.165) is 11.9 Å². The Morgan fingerprint density at radius 3 is 2.79 bits per heavy atom. The highest BCUT2D eigenvalue weighted by molar-refractivity contribution is 6.06. The molecule has 0 radical (unpaired) electrons. The molecular weight excluding hydrogens is 234 g/mol. The van der Waals surface area contributed by atoms with Gasteiger partial charge >= 0.3 is 0 Å². The van der Waals surface area contributed by atoms with Crippen LogP contribution in [0.15, 0.2) is 36.7 Å². The van der Waals surface area contributed by atoms with Gasteiger partial charge in [0.15, 0.2) is 0 Å². The molecule has 0 amide bonds. The third-order valence-electron chi connectivity index (χ3n) is 3.70. The number of pyridine rings is 1. The molecule has 1 aromatic carbocycles. The SMILES string of the molecule is CC(C)(CN)Cc1ccc2c(c1)[nH]c1ccncc12. The van der Waals surface area contributed by atoms with Crippen LogP contribution in [0.25, 0.3) is 21.8 Å². The van der Waals surface area contributed by atoms with Gasteiger partial charge in [0.05, 0.1) is 0 Å². The molecule has 19 heavy (non-hydrogen) atoms. The lowest BCUT2D eigenvalue weighted by Crippen LogP contribution is -2.25. The number of nitrogens with two attached hydrogens (primary N) is 1. The molecule has 0 saturated carbocycles. The van der Waals surface area contributed by atoms with Crippen LogP contribution in [-0.2, 0) is 6.42 Å². The molecule has 0 spiro atoms. The van der Waals surface area contributed by atoms with Crippen LogP contribution in [0.4, 0.5) is 0 Å². The highest BCUT2D eigenvalue weighted by Gasteiger charge is 2.16. The summed E-state index contributed by atoms with van der Waals surface area (Å²) in [6, 6.07) is 8.61. The summed E-state index contributed by atoms with van der Waals surface area (Å²) in [4.78, 5) is 7.64. The smallest absolute Gasteiger partial charge is 0.0495 e. The molecule has 0 fully saturated rings. The third-order valence-corrected chi connectivity index (χ3v) is 3.70. The lowest BCUT2D eigenvalue weighted by Gasteiger charge is -2.22. The number of rotatable bonds is 3. The molecule has 0 aliphatic rings. The molecule has 0 unspecified atom stereocenters. The first-order valence-corrected chi connectivity index (χ1v) is 6.63. The standard InChI is InChI=1S/C16H19N3/c1-16(2,10-17)8-11-3-4-12-13-9-18-6-5-14(13)19-15(12)7-11/h3-7,9,19H,8,10,17H2,1-2H3. The van der Waals surface area contributed by atoms with E-state index in [1.165, 1.54) is 21.9 Å². The topological polar surface area (TPSA) is 54.7 Å². The molecule has 2 heterocycles. The summed E-state index contributed by atoms with van der Waals surface area (Å²) in [7, 11) is 0. The Kier molecular flexibility index (Phi) is 2.79. The number of hydrogen-bond acceptors (Lipinski definition) is 2. The maximum Gasteiger partial charge on any atom is 0.0495 e. The average Bonchev–Trinajstić information content (AvgIpc) is 2.75. The third kappa shape index (κ3) is 2.22. The molecule has 3 N–H and O–H groups in total. The number of aromatic amines is 1. The van der Waals surface area contributed by atoms with E-state index in [-0.39, 0.29) is 5.41 Å². The van der Waals surface area contributed by atoms with Crippen LogP contribution >= 0.6 is 0 Å². The van der Waals surface area contributed by atoms with E-state index >= 15 is 0 Å². The van der Waals surface area contributed by atoms with E-state index in [1.807, 2.05) is 18.5 Å². The number of nitrogens with zero attached hydrogens (tertiary/aromatic N) is 1. The maximum atomic E-state index is 5.81. The van der Waals surface area contributed by atoms with Gasteiger partial charge in [-0.3, -0.25) is 4.98 Å². The molecule has 0 atom stereocenters. The minimum atomic E-state index is 0.140. The number of aromatic nitrogens is 2. The van der Waals surface area contributed by atoms with Gasteiger partial charge < -0.3 is 10.7 Å². The summed E-state index contributed by atoms with van der Waals surface area (Å²) in [5.74, 6) is 0. The van der Waals surface area contributed by atoms with E-state index in [0.29, 0.717) is 6.54 Å². The van der Waals surface area contributed by atoms with Crippen molar-refractivity contribution in [2.24, 2.45) is 11.1 Å². The zero-order valence-corrected chi connectivity index (χ0v) is 11.4. The first-order valence-electron chi connectivity index (χ1n) is 6.63. The first-order chi connectivity index (χ1) is 9.09. The van der Waals surface area contributed by atoms with E-state index < -0.39 is 0 Å². The molecule has 2 aromatic heterocycles. The Balaban J connectivity index is 2.08. The number of hydrogen-bond donors (Lipinski definition) is 2. The van der Waals surface area contributed by atoms with Gasteiger partial charge in [0.1, 0.15) is 0 Å². The van der Waals surface area contributed by atoms with Crippen molar-refractivity contribution in [3.8, 4) is 0 Å². The fraction of sp³-hybridized carbons (Fsp3) is 0.312. The van der Waals surface area contributed by atoms with Crippen molar-refractivity contribution < 1.29 is 0 Å². The van der Waals surface area contributed by atoms with E-state index in [1.54, 1.807) is 0 Å². The van der Waals surface area contributed by atoms with Crippen molar-refractivity contribution in [3.63, 3.8) is 0 Å². The maximum absolute atomic E-state index is 5.81. The lowest BCUT2D eigenvalue weighted by molar-refractivity contribution is 0.377. The number of nitrogens with one attached hydrogen (secondary N) is 1. The van der Waals surface area contributed by atoms with Gasteiger partial charge in [-0.2, -0.15) is 0 Å². The second-order valence-corrected chi connectivity index (χ2v) is 5.97. The zero-order chi connectivity index (χ0) is 13.5. The monoisotopic (exact) mass is 253 g/mol. The number of benzene rings is 1. The van der Waals surface area contributed by atoms with Gasteiger partial charge in [-0.1, -0.05) is 26.0 Å². The Labute approximate surface area is 112 Å². The van der Waals surface area contributed by atoms with Crippen molar-refractivity contribution in [2.45, 2.75) is 20.3 Å². The quantitative estimate of drug-likeness (QED) is 0.753. The van der Waals surface area contributed by atoms with Crippen LogP contribution in [-0.4, -0.2) is 16.5 Å². The summed E-state index contributed by atoms with van der Waals surface area (Å²) in [6.07, 6.45) is 4.72. The Bertz CT molecular complexity index is 725. The van der Waals surface area contributed by atoms with Crippen LogP contribution in [0.3, 0.4) is 0 Å². The van der Waals surface area contributed by atoms with E-state index in [9.17, 15) is 0 Å². The molecule has 98 valence electrons. The Morgan fingerprint density at radius 1 is 1.16 bits per heavy atom. The van der Waals surface area contributed by atoms with Crippen molar-refractivity contribution in [1.29, 1.82) is 0 Å². The molecule has 0 saturated heterocycles. The van der Waals surface area contributed by atoms with Crippen LogP contribution < -0.4 is 5.73 Å². The zero-order valence-electron chi connectivity index (χ0n) is 11.4. The van der Waals surface area contributed by atoms with Gasteiger partial charge in [0.2, 0.25) is 0 Å². The highest BCUT2D eigenvalue weighted by Crippen LogP contribution is 2.27. The number of H-pyrrole nitrogens is 1. The fourth-order valence-corrected chi connectivity index (χ4v) is 2.53. The van der Waals surface area contributed by atoms with Crippen molar-refractivity contribution in [1.82, 2.24) is 9.97 Å². The molecule has 0 aliphatic heterocycles. The van der Waals surface area contributed by atoms with E-state index in [2.05, 4.69) is 42.0 Å². The summed E-state index contributed by atoms with van der Waals surface area (Å²) >= 11 is 0. The van der Waals surface area contributed by atoms with Crippen LogP contribution in [0.5, 0.6) is 0 Å². The van der Waals surface area contributed by atoms with Crippen molar-refractivity contribution >= 4 is 21.8 Å². The number of fused-ring (bicyclic) bond motifs is 3. The Hall–Kier alpha value is -1.87. The van der Waals surface area contributed by atoms with Gasteiger partial charge in [-0.25, -0.2) is 0 Å². The molecule has 0 aliphatic carbocycles. The predicted octanol–water partition coefficient (Wildman–Crippen LogP) is 3.24. The Morgan fingerprint density at radius 2 is 2.00 bits per heavy atom. The fourth-order valence-electron chi connectivity index (χ4n) is 2.53. The van der Waals surface area contributed by atoms with Gasteiger partial charge in [0, 0.05) is 34.2 Å². The molecule has 0 bridgehead atoms. The first kappa shape index (κ1) is 12.2. The van der Waals surface area contributed by atoms with Gasteiger partial charge in [0.25, 0.3) is 0 Å². The van der Waals surface area contributed by atoms with Crippen molar-refractivity contribution in [3.05, 3.63) is 42.2 Å². The highest BCUT2D eigenvalue weighted by atomic mass is 14.7. The molecular formula is C16H19N3. The van der Waals surface area contributed by atoms with Gasteiger partial charge in [-0.05, 0) is 36.1 Å². The molecule has 3 nitrogen and oxygen atoms in total. The summed E-state index contributed by atoms with van der Waals surface area (Å²) in [5, 5.41) is 2.42. The van der Waals surface area contributed by atoms with Crippen LogP contribution in [0.1, 0.15) is 19.4 Å². The predicted molar refractivity (Wildman–Crippen MR) is 80.1 cm³/mol. The van der Waals surface area contributed by atoms with E-state index in [4.69, 9.17) is 5.73 Å². The summed E-state index contributed by atoms with van der Waals surface area (Å²) < 4.78 is 0. The molecule has 3 rings (SSSR count). The van der Waals surface area contributed by atoms with Crippen LogP contribution in [0, 0.1) is 5.41 Å². The second kappa shape index (κ2) is 4.35. The normalized spacial score (nSPS) is 12.4. The summed E-state index contributed by atoms with van der Waals surface area (Å²) in [5.41, 5.74) is 9.59. The lowest BCUT2D eigenvalue weighted by atomic mass is 9.86. The molecule has 3 aromatic rings. The minimum absolute atomic E-state index is 0.140. The average molecular weight is 253 g/mol. The molecule has 3 heteroatoms. The van der Waals surface area contributed by atoms with Crippen LogP contribution in [0.2, 0.25) is 0 Å². The second-order valence-electron chi connectivity index (χ2n) is 5.97. The largest absolute Gasteiger partial charge is 0.354 e. The van der Waals surface area contributed by atoms with Gasteiger partial charge in [-0.15, -0.1) is 0 Å². The summed E-state index contributed by atoms with van der Waals surface area (Å²) in [6.45, 7) is 5.10. The minimum Gasteiger partial charge on any atom is -0.354 e.